The van der Waals surface area contributed by atoms with E-state index in [0.717, 1.165) is 35.6 Å². The Morgan fingerprint density at radius 2 is 1.90 bits per heavy atom. The predicted octanol–water partition coefficient (Wildman–Crippen LogP) is 1.37. The number of ether oxygens (including phenoxy) is 1. The molecule has 2 aromatic heterocycles. The molecule has 4 rings (SSSR count). The molecule has 1 aromatic carbocycles. The maximum Gasteiger partial charge on any atom is 0.332 e. The summed E-state index contributed by atoms with van der Waals surface area (Å²) < 4.78 is 10.2. The number of imidazole rings is 1. The van der Waals surface area contributed by atoms with Crippen molar-refractivity contribution in [2.45, 2.75) is 13.0 Å². The second-order valence-electron chi connectivity index (χ2n) is 7.17. The second-order valence-corrected chi connectivity index (χ2v) is 7.17. The molecule has 8 heteroatoms. The molecule has 0 saturated heterocycles. The van der Waals surface area contributed by atoms with Crippen LogP contribution in [0, 0.1) is 0 Å². The van der Waals surface area contributed by atoms with E-state index in [1.54, 1.807) is 7.05 Å². The molecular weight excluding hydrogens is 370 g/mol. The predicted molar refractivity (Wildman–Crippen MR) is 113 cm³/mol. The Kier molecular flexibility index (Phi) is 5.35. The number of aromatic nitrogens is 4. The quantitative estimate of drug-likeness (QED) is 0.590. The lowest BCUT2D eigenvalue weighted by atomic mass is 10.2. The molecule has 0 spiro atoms. The van der Waals surface area contributed by atoms with Gasteiger partial charge in [-0.1, -0.05) is 42.5 Å². The number of fused-ring (bicyclic) bond motifs is 3. The van der Waals surface area contributed by atoms with E-state index in [9.17, 15) is 9.59 Å². The summed E-state index contributed by atoms with van der Waals surface area (Å²) >= 11 is 0. The average molecular weight is 395 g/mol. The second kappa shape index (κ2) is 8.08. The maximum absolute atomic E-state index is 12.6. The summed E-state index contributed by atoms with van der Waals surface area (Å²) in [6.07, 6.45) is 4.95. The highest BCUT2D eigenvalue weighted by molar-refractivity contribution is 5.74. The van der Waals surface area contributed by atoms with Crippen LogP contribution in [0.15, 0.2) is 46.0 Å². The van der Waals surface area contributed by atoms with Crippen LogP contribution < -0.4 is 16.1 Å². The Morgan fingerprint density at radius 1 is 1.10 bits per heavy atom. The fourth-order valence-corrected chi connectivity index (χ4v) is 3.69. The van der Waals surface area contributed by atoms with Crippen LogP contribution in [-0.2, 0) is 25.4 Å². The van der Waals surface area contributed by atoms with Crippen LogP contribution >= 0.6 is 0 Å². The van der Waals surface area contributed by atoms with Gasteiger partial charge in [-0.3, -0.25) is 13.9 Å². The van der Waals surface area contributed by atoms with Gasteiger partial charge in [0.1, 0.15) is 0 Å². The van der Waals surface area contributed by atoms with Crippen molar-refractivity contribution in [2.24, 2.45) is 14.1 Å². The van der Waals surface area contributed by atoms with E-state index in [0.29, 0.717) is 30.9 Å². The number of aryl methyl sites for hydroxylation is 2. The number of nitrogens with zero attached hydrogens (tertiary/aromatic N) is 5. The number of benzene rings is 1. The Labute approximate surface area is 168 Å². The van der Waals surface area contributed by atoms with Crippen molar-refractivity contribution in [3.8, 4) is 0 Å². The first kappa shape index (κ1) is 19.2. The van der Waals surface area contributed by atoms with E-state index in [4.69, 9.17) is 4.74 Å². The van der Waals surface area contributed by atoms with Crippen molar-refractivity contribution in [3.63, 3.8) is 0 Å². The van der Waals surface area contributed by atoms with Gasteiger partial charge in [0.2, 0.25) is 5.95 Å². The molecule has 0 atom stereocenters. The van der Waals surface area contributed by atoms with E-state index >= 15 is 0 Å². The smallest absolute Gasteiger partial charge is 0.332 e. The molecule has 1 aliphatic rings. The minimum Gasteiger partial charge on any atom is -0.376 e. The zero-order valence-corrected chi connectivity index (χ0v) is 16.7. The third-order valence-electron chi connectivity index (χ3n) is 5.25. The summed E-state index contributed by atoms with van der Waals surface area (Å²) in [6.45, 7) is 3.33. The average Bonchev–Trinajstić information content (AvgIpc) is 3.14. The monoisotopic (exact) mass is 395 g/mol. The molecule has 3 aromatic rings. The lowest BCUT2D eigenvalue weighted by molar-refractivity contribution is 0.168. The lowest BCUT2D eigenvalue weighted by Gasteiger charge is -2.28. The fraction of sp³-hybridized carbons (Fsp3) is 0.381. The van der Waals surface area contributed by atoms with Crippen LogP contribution in [-0.4, -0.2) is 45.0 Å². The molecule has 8 nitrogen and oxygen atoms in total. The molecule has 152 valence electrons. The van der Waals surface area contributed by atoms with Crippen LogP contribution in [0.2, 0.25) is 0 Å². The molecule has 0 amide bonds. The third-order valence-corrected chi connectivity index (χ3v) is 5.25. The first-order chi connectivity index (χ1) is 14.1. The first-order valence-corrected chi connectivity index (χ1v) is 9.78. The highest BCUT2D eigenvalue weighted by atomic mass is 16.5. The SMILES string of the molecule is Cn1c(=O)c2c(nc3n2CCCN3CCOC/C=C/c2ccccc2)n(C)c1=O. The van der Waals surface area contributed by atoms with E-state index in [2.05, 4.69) is 9.88 Å². The van der Waals surface area contributed by atoms with Gasteiger partial charge in [-0.05, 0) is 12.0 Å². The Morgan fingerprint density at radius 3 is 2.69 bits per heavy atom. The molecule has 0 radical (unpaired) electrons. The molecule has 0 unspecified atom stereocenters. The van der Waals surface area contributed by atoms with Gasteiger partial charge in [0.15, 0.2) is 11.2 Å². The van der Waals surface area contributed by atoms with Gasteiger partial charge >= 0.3 is 5.69 Å². The van der Waals surface area contributed by atoms with Gasteiger partial charge in [-0.2, -0.15) is 4.98 Å². The Balaban J connectivity index is 1.46. The van der Waals surface area contributed by atoms with E-state index in [1.165, 1.54) is 11.6 Å². The van der Waals surface area contributed by atoms with E-state index in [1.807, 2.05) is 47.1 Å². The minimum atomic E-state index is -0.363. The lowest BCUT2D eigenvalue weighted by Crippen LogP contribution is -2.38. The highest BCUT2D eigenvalue weighted by Gasteiger charge is 2.25. The summed E-state index contributed by atoms with van der Waals surface area (Å²) in [6, 6.07) is 10.1. The first-order valence-electron chi connectivity index (χ1n) is 9.78. The van der Waals surface area contributed by atoms with Crippen LogP contribution in [0.4, 0.5) is 5.95 Å². The van der Waals surface area contributed by atoms with Crippen LogP contribution in [0.3, 0.4) is 0 Å². The Bertz CT molecular complexity index is 1160. The molecule has 29 heavy (non-hydrogen) atoms. The van der Waals surface area contributed by atoms with Gasteiger partial charge in [-0.15, -0.1) is 0 Å². The van der Waals surface area contributed by atoms with Gasteiger partial charge in [0.25, 0.3) is 5.56 Å². The minimum absolute atomic E-state index is 0.300. The van der Waals surface area contributed by atoms with Crippen molar-refractivity contribution < 1.29 is 4.74 Å². The summed E-state index contributed by atoms with van der Waals surface area (Å²) in [4.78, 5) is 31.6. The zero-order chi connectivity index (χ0) is 20.4. The molecular formula is C21H25N5O3. The number of hydrogen-bond acceptors (Lipinski definition) is 5. The Hall–Kier alpha value is -3.13. The maximum atomic E-state index is 12.6. The normalized spacial score (nSPS) is 14.1. The van der Waals surface area contributed by atoms with Gasteiger partial charge in [-0.25, -0.2) is 4.79 Å². The number of anilines is 1. The molecule has 0 fully saturated rings. The molecule has 0 bridgehead atoms. The molecule has 3 heterocycles. The molecule has 0 aliphatic carbocycles. The largest absolute Gasteiger partial charge is 0.376 e. The van der Waals surface area contributed by atoms with Gasteiger partial charge in [0, 0.05) is 33.7 Å². The van der Waals surface area contributed by atoms with E-state index < -0.39 is 0 Å². The van der Waals surface area contributed by atoms with Crippen LogP contribution in [0.1, 0.15) is 12.0 Å². The van der Waals surface area contributed by atoms with Crippen LogP contribution in [0.5, 0.6) is 0 Å². The highest BCUT2D eigenvalue weighted by Crippen LogP contribution is 2.23. The van der Waals surface area contributed by atoms with Crippen molar-refractivity contribution in [3.05, 3.63) is 62.8 Å². The third kappa shape index (κ3) is 3.63. The van der Waals surface area contributed by atoms with Crippen molar-refractivity contribution in [1.29, 1.82) is 0 Å². The summed E-state index contributed by atoms with van der Waals surface area (Å²) in [7, 11) is 3.15. The summed E-state index contributed by atoms with van der Waals surface area (Å²) in [5.41, 5.74) is 1.41. The zero-order valence-electron chi connectivity index (χ0n) is 16.7. The number of rotatable bonds is 6. The summed E-state index contributed by atoms with van der Waals surface area (Å²) in [5, 5.41) is 0. The molecule has 1 aliphatic heterocycles. The van der Waals surface area contributed by atoms with Gasteiger partial charge < -0.3 is 14.2 Å². The summed E-state index contributed by atoms with van der Waals surface area (Å²) in [5.74, 6) is 0.730. The van der Waals surface area contributed by atoms with Crippen molar-refractivity contribution in [1.82, 2.24) is 18.7 Å². The molecule has 0 saturated carbocycles. The van der Waals surface area contributed by atoms with Crippen molar-refractivity contribution in [2.75, 3.05) is 31.2 Å². The van der Waals surface area contributed by atoms with Crippen LogP contribution in [0.25, 0.3) is 17.2 Å². The van der Waals surface area contributed by atoms with Gasteiger partial charge in [0.05, 0.1) is 13.2 Å². The number of hydrogen-bond donors (Lipinski definition) is 0. The molecule has 0 N–H and O–H groups in total. The fourth-order valence-electron chi connectivity index (χ4n) is 3.69. The topological polar surface area (TPSA) is 74.3 Å². The van der Waals surface area contributed by atoms with Crippen molar-refractivity contribution >= 4 is 23.2 Å². The standard InChI is InChI=1S/C21H25N5O3/c1-23-18-17(19(27)24(2)21(23)28)26-12-7-11-25(20(26)22-18)13-15-29-14-6-10-16-8-4-3-5-9-16/h3-6,8-10H,7,11-15H2,1-2H3/b10-6+. The van der Waals surface area contributed by atoms with E-state index in [-0.39, 0.29) is 11.2 Å².